The zero-order valence-corrected chi connectivity index (χ0v) is 12.3. The fraction of sp³-hybridized carbons (Fsp3) is 0.600. The van der Waals surface area contributed by atoms with E-state index in [1.807, 2.05) is 7.05 Å². The second-order valence-electron chi connectivity index (χ2n) is 5.39. The first-order valence-electron chi connectivity index (χ1n) is 6.69. The van der Waals surface area contributed by atoms with Gasteiger partial charge in [-0.2, -0.15) is 0 Å². The van der Waals surface area contributed by atoms with E-state index in [9.17, 15) is 4.39 Å². The molecule has 1 aromatic carbocycles. The zero-order chi connectivity index (χ0) is 14.4. The van der Waals surface area contributed by atoms with Crippen LogP contribution >= 0.6 is 0 Å². The van der Waals surface area contributed by atoms with Gasteiger partial charge >= 0.3 is 0 Å². The largest absolute Gasteiger partial charge is 0.496 e. The van der Waals surface area contributed by atoms with E-state index in [4.69, 9.17) is 10.5 Å². The maximum atomic E-state index is 13.3. The quantitative estimate of drug-likeness (QED) is 0.825. The third-order valence-electron chi connectivity index (χ3n) is 3.47. The molecule has 1 unspecified atom stereocenters. The molecular weight excluding hydrogens is 243 g/mol. The van der Waals surface area contributed by atoms with Crippen LogP contribution in [0.4, 0.5) is 4.39 Å². The summed E-state index contributed by atoms with van der Waals surface area (Å²) >= 11 is 0. The monoisotopic (exact) mass is 268 g/mol. The van der Waals surface area contributed by atoms with Crippen LogP contribution < -0.4 is 10.5 Å². The molecule has 1 atom stereocenters. The minimum absolute atomic E-state index is 0.233. The third-order valence-corrected chi connectivity index (χ3v) is 3.47. The van der Waals surface area contributed by atoms with Gasteiger partial charge in [-0.1, -0.05) is 13.8 Å². The molecule has 0 saturated carbocycles. The molecule has 3 nitrogen and oxygen atoms in total. The molecule has 0 aliphatic rings. The van der Waals surface area contributed by atoms with E-state index in [1.165, 1.54) is 12.1 Å². The van der Waals surface area contributed by atoms with Crippen LogP contribution in [0.5, 0.6) is 5.75 Å². The first-order valence-corrected chi connectivity index (χ1v) is 6.69. The molecule has 0 bridgehead atoms. The van der Waals surface area contributed by atoms with E-state index in [-0.39, 0.29) is 5.82 Å². The number of methoxy groups -OCH3 is 1. The van der Waals surface area contributed by atoms with Crippen LogP contribution in [0.2, 0.25) is 0 Å². The maximum absolute atomic E-state index is 13.3. The van der Waals surface area contributed by atoms with Crippen LogP contribution in [0.3, 0.4) is 0 Å². The summed E-state index contributed by atoms with van der Waals surface area (Å²) in [6.45, 7) is 6.57. The molecule has 0 saturated heterocycles. The lowest BCUT2D eigenvalue weighted by molar-refractivity contribution is 0.232. The average molecular weight is 268 g/mol. The van der Waals surface area contributed by atoms with Crippen molar-refractivity contribution in [3.63, 3.8) is 0 Å². The van der Waals surface area contributed by atoms with Crippen LogP contribution in [0, 0.1) is 17.7 Å². The number of halogens is 1. The number of ether oxygens (including phenoxy) is 1. The van der Waals surface area contributed by atoms with Crippen LogP contribution in [0.15, 0.2) is 18.2 Å². The normalized spacial score (nSPS) is 13.1. The Kier molecular flexibility index (Phi) is 6.25. The first kappa shape index (κ1) is 15.9. The topological polar surface area (TPSA) is 38.5 Å². The standard InChI is InChI=1S/C15H25FN2O/c1-11(2)13(8-17)10-18(3)9-12-7-14(16)5-6-15(12)19-4/h5-7,11,13H,8-10,17H2,1-4H3. The Morgan fingerprint density at radius 3 is 2.58 bits per heavy atom. The first-order chi connectivity index (χ1) is 8.97. The Balaban J connectivity index is 2.70. The average Bonchev–Trinajstić information content (AvgIpc) is 2.35. The molecule has 0 heterocycles. The highest BCUT2D eigenvalue weighted by Gasteiger charge is 2.15. The number of rotatable bonds is 7. The number of benzene rings is 1. The van der Waals surface area contributed by atoms with Crippen LogP contribution in [-0.4, -0.2) is 32.1 Å². The lowest BCUT2D eigenvalue weighted by atomic mass is 9.95. The number of hydrogen-bond donors (Lipinski definition) is 1. The lowest BCUT2D eigenvalue weighted by Crippen LogP contribution is -2.33. The van der Waals surface area contributed by atoms with E-state index in [0.29, 0.717) is 24.9 Å². The van der Waals surface area contributed by atoms with Gasteiger partial charge in [0.05, 0.1) is 7.11 Å². The molecule has 4 heteroatoms. The molecule has 0 spiro atoms. The Morgan fingerprint density at radius 2 is 2.05 bits per heavy atom. The summed E-state index contributed by atoms with van der Waals surface area (Å²) in [6.07, 6.45) is 0. The van der Waals surface area contributed by atoms with Crippen LogP contribution in [0.1, 0.15) is 19.4 Å². The minimum Gasteiger partial charge on any atom is -0.496 e. The van der Waals surface area contributed by atoms with Gasteiger partial charge < -0.3 is 15.4 Å². The molecule has 0 aliphatic carbocycles. The van der Waals surface area contributed by atoms with Crippen molar-refractivity contribution in [3.05, 3.63) is 29.6 Å². The molecule has 0 aliphatic heterocycles. The molecule has 108 valence electrons. The van der Waals surface area contributed by atoms with E-state index in [0.717, 1.165) is 17.9 Å². The molecule has 19 heavy (non-hydrogen) atoms. The van der Waals surface area contributed by atoms with Gasteiger partial charge in [-0.05, 0) is 43.6 Å². The SMILES string of the molecule is COc1ccc(F)cc1CN(C)CC(CN)C(C)C. The Bertz CT molecular complexity index is 396. The van der Waals surface area contributed by atoms with E-state index in [1.54, 1.807) is 13.2 Å². The summed E-state index contributed by atoms with van der Waals surface area (Å²) in [6, 6.07) is 4.61. The molecule has 0 amide bonds. The molecular formula is C15H25FN2O. The number of nitrogens with zero attached hydrogens (tertiary/aromatic N) is 1. The van der Waals surface area contributed by atoms with E-state index in [2.05, 4.69) is 18.7 Å². The molecule has 0 aromatic heterocycles. The predicted octanol–water partition coefficient (Wildman–Crippen LogP) is 2.50. The van der Waals surface area contributed by atoms with Crippen molar-refractivity contribution in [1.29, 1.82) is 0 Å². The Morgan fingerprint density at radius 1 is 1.37 bits per heavy atom. The van der Waals surface area contributed by atoms with Crippen molar-refractivity contribution < 1.29 is 9.13 Å². The molecule has 2 N–H and O–H groups in total. The van der Waals surface area contributed by atoms with Gasteiger partial charge in [-0.25, -0.2) is 4.39 Å². The summed E-state index contributed by atoms with van der Waals surface area (Å²) in [5.74, 6) is 1.48. The Hall–Kier alpha value is -1.13. The van der Waals surface area contributed by atoms with Crippen molar-refractivity contribution in [2.24, 2.45) is 17.6 Å². The Labute approximate surface area is 115 Å². The van der Waals surface area contributed by atoms with Gasteiger partial charge in [0.25, 0.3) is 0 Å². The van der Waals surface area contributed by atoms with Crippen molar-refractivity contribution in [3.8, 4) is 5.75 Å². The number of hydrogen-bond acceptors (Lipinski definition) is 3. The second-order valence-corrected chi connectivity index (χ2v) is 5.39. The minimum atomic E-state index is -0.233. The van der Waals surface area contributed by atoms with Crippen LogP contribution in [0.25, 0.3) is 0 Å². The van der Waals surface area contributed by atoms with Crippen molar-refractivity contribution in [2.45, 2.75) is 20.4 Å². The van der Waals surface area contributed by atoms with Gasteiger partial charge in [0, 0.05) is 18.7 Å². The van der Waals surface area contributed by atoms with E-state index < -0.39 is 0 Å². The molecule has 0 fully saturated rings. The fourth-order valence-corrected chi connectivity index (χ4v) is 2.18. The van der Waals surface area contributed by atoms with E-state index >= 15 is 0 Å². The van der Waals surface area contributed by atoms with Gasteiger partial charge in [0.15, 0.2) is 0 Å². The molecule has 0 radical (unpaired) electrons. The van der Waals surface area contributed by atoms with Gasteiger partial charge in [0.2, 0.25) is 0 Å². The second kappa shape index (κ2) is 7.46. The van der Waals surface area contributed by atoms with Gasteiger partial charge in [-0.15, -0.1) is 0 Å². The van der Waals surface area contributed by atoms with Crippen molar-refractivity contribution >= 4 is 0 Å². The van der Waals surface area contributed by atoms with Crippen molar-refractivity contribution in [1.82, 2.24) is 4.90 Å². The molecule has 1 aromatic rings. The summed E-state index contributed by atoms with van der Waals surface area (Å²) in [5, 5.41) is 0. The lowest BCUT2D eigenvalue weighted by Gasteiger charge is -2.26. The summed E-state index contributed by atoms with van der Waals surface area (Å²) in [7, 11) is 3.63. The highest BCUT2D eigenvalue weighted by molar-refractivity contribution is 5.33. The van der Waals surface area contributed by atoms with Crippen LogP contribution in [-0.2, 0) is 6.54 Å². The van der Waals surface area contributed by atoms with Crippen molar-refractivity contribution in [2.75, 3.05) is 27.2 Å². The van der Waals surface area contributed by atoms with Gasteiger partial charge in [0.1, 0.15) is 11.6 Å². The maximum Gasteiger partial charge on any atom is 0.123 e. The third kappa shape index (κ3) is 4.80. The molecule has 1 rings (SSSR count). The van der Waals surface area contributed by atoms with Gasteiger partial charge in [-0.3, -0.25) is 0 Å². The summed E-state index contributed by atoms with van der Waals surface area (Å²) in [4.78, 5) is 2.16. The highest BCUT2D eigenvalue weighted by atomic mass is 19.1. The number of nitrogens with two attached hydrogens (primary N) is 1. The smallest absolute Gasteiger partial charge is 0.123 e. The summed E-state index contributed by atoms with van der Waals surface area (Å²) in [5.41, 5.74) is 6.65. The predicted molar refractivity (Wildman–Crippen MR) is 76.7 cm³/mol. The summed E-state index contributed by atoms with van der Waals surface area (Å²) < 4.78 is 18.6. The highest BCUT2D eigenvalue weighted by Crippen LogP contribution is 2.21. The fourth-order valence-electron chi connectivity index (χ4n) is 2.18. The zero-order valence-electron chi connectivity index (χ0n) is 12.3.